The molecule has 36 heavy (non-hydrogen) atoms. The highest BCUT2D eigenvalue weighted by Crippen LogP contribution is 2.23. The Balaban J connectivity index is 1.54. The van der Waals surface area contributed by atoms with Gasteiger partial charge in [-0.1, -0.05) is 91.0 Å². The van der Waals surface area contributed by atoms with Crippen molar-refractivity contribution in [3.8, 4) is 0 Å². The minimum atomic E-state index is -4.31. The van der Waals surface area contributed by atoms with E-state index in [0.29, 0.717) is 25.8 Å². The van der Waals surface area contributed by atoms with Crippen molar-refractivity contribution in [1.29, 1.82) is 0 Å². The SMILES string of the molecule is O=C1C(=CNCCc2ccccc2)C(=O)N(CCc2ccccc2)S(=O)(=O)N1CCc1ccccc1. The molecule has 4 rings (SSSR count). The molecule has 3 aromatic rings. The third kappa shape index (κ3) is 6.01. The van der Waals surface area contributed by atoms with Gasteiger partial charge in [-0.3, -0.25) is 9.59 Å². The Bertz CT molecular complexity index is 1240. The average Bonchev–Trinajstić information content (AvgIpc) is 2.89. The summed E-state index contributed by atoms with van der Waals surface area (Å²) in [6.45, 7) is 0.387. The Morgan fingerprint density at radius 1 is 0.611 bits per heavy atom. The smallest absolute Gasteiger partial charge is 0.331 e. The van der Waals surface area contributed by atoms with Gasteiger partial charge in [0.2, 0.25) is 0 Å². The van der Waals surface area contributed by atoms with E-state index in [4.69, 9.17) is 0 Å². The molecule has 7 nitrogen and oxygen atoms in total. The lowest BCUT2D eigenvalue weighted by Crippen LogP contribution is -2.57. The van der Waals surface area contributed by atoms with Crippen molar-refractivity contribution in [3.63, 3.8) is 0 Å². The van der Waals surface area contributed by atoms with Crippen LogP contribution in [0.15, 0.2) is 103 Å². The Kier molecular flexibility index (Phi) is 8.17. The van der Waals surface area contributed by atoms with E-state index in [2.05, 4.69) is 5.32 Å². The number of carbonyl (C=O) groups is 2. The van der Waals surface area contributed by atoms with Crippen LogP contribution in [0.2, 0.25) is 0 Å². The molecule has 0 saturated carbocycles. The van der Waals surface area contributed by atoms with Crippen LogP contribution in [0.5, 0.6) is 0 Å². The summed E-state index contributed by atoms with van der Waals surface area (Å²) in [5.41, 5.74) is 2.74. The van der Waals surface area contributed by atoms with Crippen molar-refractivity contribution in [2.24, 2.45) is 0 Å². The van der Waals surface area contributed by atoms with Crippen molar-refractivity contribution in [2.45, 2.75) is 19.3 Å². The zero-order valence-electron chi connectivity index (χ0n) is 19.9. The first-order chi connectivity index (χ1) is 17.5. The second kappa shape index (κ2) is 11.7. The van der Waals surface area contributed by atoms with Gasteiger partial charge in [-0.25, -0.2) is 8.61 Å². The van der Waals surface area contributed by atoms with Crippen LogP contribution >= 0.6 is 0 Å². The highest BCUT2D eigenvalue weighted by molar-refractivity contribution is 7.88. The van der Waals surface area contributed by atoms with Gasteiger partial charge in [-0.15, -0.1) is 0 Å². The summed E-state index contributed by atoms with van der Waals surface area (Å²) in [6.07, 6.45) is 2.75. The maximum atomic E-state index is 13.4. The van der Waals surface area contributed by atoms with Gasteiger partial charge in [-0.2, -0.15) is 8.42 Å². The molecule has 0 atom stereocenters. The van der Waals surface area contributed by atoms with Crippen molar-refractivity contribution < 1.29 is 18.0 Å². The molecular weight excluding hydrogens is 474 g/mol. The summed E-state index contributed by atoms with van der Waals surface area (Å²) in [4.78, 5) is 26.5. The number of nitrogens with zero attached hydrogens (tertiary/aromatic N) is 2. The Morgan fingerprint density at radius 2 is 1.00 bits per heavy atom. The number of rotatable bonds is 10. The molecule has 0 unspecified atom stereocenters. The van der Waals surface area contributed by atoms with E-state index < -0.39 is 22.0 Å². The lowest BCUT2D eigenvalue weighted by atomic mass is 10.1. The van der Waals surface area contributed by atoms with Gasteiger partial charge in [0.1, 0.15) is 5.57 Å². The number of amides is 2. The van der Waals surface area contributed by atoms with Crippen molar-refractivity contribution in [3.05, 3.63) is 119 Å². The summed E-state index contributed by atoms with van der Waals surface area (Å²) in [5.74, 6) is -1.61. The van der Waals surface area contributed by atoms with Crippen LogP contribution in [0.3, 0.4) is 0 Å². The molecule has 186 valence electrons. The summed E-state index contributed by atoms with van der Waals surface area (Å²) in [6, 6.07) is 28.5. The van der Waals surface area contributed by atoms with E-state index in [9.17, 15) is 18.0 Å². The molecule has 2 amide bonds. The second-order valence-electron chi connectivity index (χ2n) is 8.48. The van der Waals surface area contributed by atoms with Crippen LogP contribution in [0.25, 0.3) is 0 Å². The molecule has 1 N–H and O–H groups in total. The monoisotopic (exact) mass is 503 g/mol. The molecule has 1 fully saturated rings. The molecule has 0 aliphatic carbocycles. The van der Waals surface area contributed by atoms with Crippen LogP contribution in [0, 0.1) is 0 Å². The van der Waals surface area contributed by atoms with Gasteiger partial charge in [-0.05, 0) is 36.0 Å². The Hall–Kier alpha value is -3.91. The van der Waals surface area contributed by atoms with Crippen molar-refractivity contribution in [1.82, 2.24) is 13.9 Å². The van der Waals surface area contributed by atoms with Crippen LogP contribution in [0.4, 0.5) is 0 Å². The number of benzene rings is 3. The zero-order valence-corrected chi connectivity index (χ0v) is 20.7. The molecule has 1 heterocycles. The van der Waals surface area contributed by atoms with Crippen molar-refractivity contribution in [2.75, 3.05) is 19.6 Å². The van der Waals surface area contributed by atoms with Crippen LogP contribution in [-0.2, 0) is 39.1 Å². The van der Waals surface area contributed by atoms with E-state index in [1.807, 2.05) is 91.0 Å². The highest BCUT2D eigenvalue weighted by atomic mass is 32.2. The highest BCUT2D eigenvalue weighted by Gasteiger charge is 2.46. The number of nitrogens with one attached hydrogen (secondary N) is 1. The minimum absolute atomic E-state index is 0.0539. The first-order valence-electron chi connectivity index (χ1n) is 11.9. The number of hydrogen-bond acceptors (Lipinski definition) is 5. The number of carbonyl (C=O) groups excluding carboxylic acids is 2. The molecule has 8 heteroatoms. The summed E-state index contributed by atoms with van der Waals surface area (Å²) < 4.78 is 28.4. The topological polar surface area (TPSA) is 86.8 Å². The molecule has 0 aromatic heterocycles. The van der Waals surface area contributed by atoms with Gasteiger partial charge >= 0.3 is 10.2 Å². The molecule has 1 aliphatic heterocycles. The molecule has 0 radical (unpaired) electrons. The Morgan fingerprint density at radius 3 is 1.42 bits per heavy atom. The standard InChI is InChI=1S/C28H29N3O4S/c32-27-26(22-29-19-16-23-10-4-1-5-11-23)28(33)31(21-18-25-14-8-3-9-15-25)36(34,35)30(27)20-17-24-12-6-2-7-13-24/h1-15,22,29H,16-21H2. The van der Waals surface area contributed by atoms with Crippen LogP contribution in [-0.4, -0.2) is 48.5 Å². The molecule has 1 saturated heterocycles. The predicted molar refractivity (Wildman–Crippen MR) is 139 cm³/mol. The Labute approximate surface area is 212 Å². The van der Waals surface area contributed by atoms with Gasteiger partial charge in [0.15, 0.2) is 0 Å². The molecule has 3 aromatic carbocycles. The van der Waals surface area contributed by atoms with Crippen LogP contribution < -0.4 is 5.32 Å². The van der Waals surface area contributed by atoms with E-state index in [1.165, 1.54) is 6.20 Å². The van der Waals surface area contributed by atoms with E-state index in [0.717, 1.165) is 25.3 Å². The van der Waals surface area contributed by atoms with Gasteiger partial charge in [0.25, 0.3) is 11.8 Å². The summed E-state index contributed by atoms with van der Waals surface area (Å²) in [7, 11) is -4.31. The van der Waals surface area contributed by atoms with E-state index in [1.54, 1.807) is 0 Å². The maximum absolute atomic E-state index is 13.4. The molecular formula is C28H29N3O4S. The lowest BCUT2D eigenvalue weighted by Gasteiger charge is -2.35. The molecule has 1 aliphatic rings. The van der Waals surface area contributed by atoms with Crippen LogP contribution in [0.1, 0.15) is 16.7 Å². The van der Waals surface area contributed by atoms with E-state index in [-0.39, 0.29) is 18.7 Å². The average molecular weight is 504 g/mol. The predicted octanol–water partition coefficient (Wildman–Crippen LogP) is 3.10. The second-order valence-corrected chi connectivity index (χ2v) is 10.3. The molecule has 0 bridgehead atoms. The third-order valence-electron chi connectivity index (χ3n) is 6.01. The van der Waals surface area contributed by atoms with Gasteiger partial charge in [0, 0.05) is 25.8 Å². The largest absolute Gasteiger partial charge is 0.390 e. The fourth-order valence-electron chi connectivity index (χ4n) is 4.03. The normalized spacial score (nSPS) is 15.2. The van der Waals surface area contributed by atoms with Crippen molar-refractivity contribution >= 4 is 22.0 Å². The fourth-order valence-corrected chi connectivity index (χ4v) is 5.53. The zero-order chi connectivity index (χ0) is 25.4. The fraction of sp³-hybridized carbons (Fsp3) is 0.214. The third-order valence-corrected chi connectivity index (χ3v) is 7.82. The molecule has 0 spiro atoms. The lowest BCUT2D eigenvalue weighted by molar-refractivity contribution is -0.131. The maximum Gasteiger partial charge on any atom is 0.331 e. The number of hydrogen-bond donors (Lipinski definition) is 1. The van der Waals surface area contributed by atoms with E-state index >= 15 is 0 Å². The van der Waals surface area contributed by atoms with Gasteiger partial charge in [0.05, 0.1) is 0 Å². The summed E-state index contributed by atoms with van der Waals surface area (Å²) in [5, 5.41) is 3.03. The van der Waals surface area contributed by atoms with Gasteiger partial charge < -0.3 is 5.32 Å². The summed E-state index contributed by atoms with van der Waals surface area (Å²) >= 11 is 0. The minimum Gasteiger partial charge on any atom is -0.390 e. The quantitative estimate of drug-likeness (QED) is 0.261. The first-order valence-corrected chi connectivity index (χ1v) is 13.3. The first kappa shape index (κ1) is 25.2.